The van der Waals surface area contributed by atoms with Crippen molar-refractivity contribution in [2.24, 2.45) is 0 Å². The van der Waals surface area contributed by atoms with Crippen LogP contribution in [0.15, 0.2) is 65.6 Å². The molecule has 1 fully saturated rings. The van der Waals surface area contributed by atoms with Gasteiger partial charge in [-0.2, -0.15) is 0 Å². The third kappa shape index (κ3) is 5.13. The zero-order chi connectivity index (χ0) is 26.9. The summed E-state index contributed by atoms with van der Waals surface area (Å²) in [5, 5.41) is 0. The molecule has 0 bridgehead atoms. The fraction of sp³-hybridized carbons (Fsp3) is 0.321. The van der Waals surface area contributed by atoms with E-state index in [9.17, 15) is 17.6 Å². The summed E-state index contributed by atoms with van der Waals surface area (Å²) in [4.78, 5) is 17.2. The molecule has 0 unspecified atom stereocenters. The van der Waals surface area contributed by atoms with E-state index in [-0.39, 0.29) is 16.5 Å². The Bertz CT molecular complexity index is 1450. The van der Waals surface area contributed by atoms with Gasteiger partial charge in [-0.3, -0.25) is 9.10 Å². The molecule has 0 spiro atoms. The molecule has 2 heterocycles. The number of benzene rings is 3. The highest BCUT2D eigenvalue weighted by Gasteiger charge is 2.32. The second-order valence-electron chi connectivity index (χ2n) is 9.38. The third-order valence-corrected chi connectivity index (χ3v) is 8.80. The highest BCUT2D eigenvalue weighted by Crippen LogP contribution is 2.34. The van der Waals surface area contributed by atoms with Crippen LogP contribution in [0.25, 0.3) is 0 Å². The van der Waals surface area contributed by atoms with Gasteiger partial charge in [0.05, 0.1) is 10.6 Å². The molecule has 1 saturated heterocycles. The van der Waals surface area contributed by atoms with Crippen molar-refractivity contribution in [3.8, 4) is 11.5 Å². The predicted octanol–water partition coefficient (Wildman–Crippen LogP) is 3.76. The molecule has 2 aliphatic heterocycles. The largest absolute Gasteiger partial charge is 0.486 e. The van der Waals surface area contributed by atoms with E-state index in [2.05, 4.69) is 30.9 Å². The maximum absolute atomic E-state index is 14.1. The second-order valence-corrected chi connectivity index (χ2v) is 11.2. The molecular weight excluding hydrogens is 509 g/mol. The van der Waals surface area contributed by atoms with Crippen LogP contribution in [0.2, 0.25) is 0 Å². The van der Waals surface area contributed by atoms with Gasteiger partial charge in [0, 0.05) is 37.9 Å². The number of fused-ring (bicyclic) bond motifs is 1. The Morgan fingerprint density at radius 3 is 2.37 bits per heavy atom. The molecule has 0 radical (unpaired) electrons. The second kappa shape index (κ2) is 10.5. The highest BCUT2D eigenvalue weighted by atomic mass is 32.2. The van der Waals surface area contributed by atoms with Crippen LogP contribution in [-0.4, -0.2) is 65.2 Å². The van der Waals surface area contributed by atoms with Crippen molar-refractivity contribution in [3.63, 3.8) is 0 Å². The smallest absolute Gasteiger partial charge is 0.264 e. The van der Waals surface area contributed by atoms with Gasteiger partial charge in [-0.25, -0.2) is 12.8 Å². The molecule has 0 aliphatic carbocycles. The van der Waals surface area contributed by atoms with Crippen LogP contribution in [0.1, 0.15) is 11.1 Å². The standard InChI is InChI=1S/C28H30FN3O5S/c1-20-5-3-8-25(21(20)2)30-11-13-31(14-12-30)28(33)19-32(23-7-4-6-22(29)17-23)38(34,35)24-9-10-26-27(18-24)37-16-15-36-26/h3-10,17-18H,11-16,19H2,1-2H3. The van der Waals surface area contributed by atoms with Crippen LogP contribution in [0.5, 0.6) is 11.5 Å². The number of hydrogen-bond donors (Lipinski definition) is 0. The number of anilines is 2. The average molecular weight is 540 g/mol. The number of aryl methyl sites for hydroxylation is 1. The minimum absolute atomic E-state index is 0.0708. The molecule has 0 aromatic heterocycles. The molecule has 3 aromatic rings. The first kappa shape index (κ1) is 25.8. The number of rotatable bonds is 6. The number of sulfonamides is 1. The van der Waals surface area contributed by atoms with E-state index in [4.69, 9.17) is 9.47 Å². The lowest BCUT2D eigenvalue weighted by molar-refractivity contribution is -0.129. The molecule has 1 amide bonds. The van der Waals surface area contributed by atoms with E-state index >= 15 is 0 Å². The first-order valence-corrected chi connectivity index (χ1v) is 13.9. The minimum atomic E-state index is -4.23. The number of carbonyl (C=O) groups is 1. The number of piperazine rings is 1. The lowest BCUT2D eigenvalue weighted by atomic mass is 10.1. The van der Waals surface area contributed by atoms with E-state index in [1.807, 2.05) is 6.07 Å². The van der Waals surface area contributed by atoms with E-state index in [0.717, 1.165) is 16.1 Å². The number of ether oxygens (including phenoxy) is 2. The molecule has 200 valence electrons. The maximum Gasteiger partial charge on any atom is 0.264 e. The molecule has 10 heteroatoms. The first-order valence-electron chi connectivity index (χ1n) is 12.5. The van der Waals surface area contributed by atoms with Crippen molar-refractivity contribution >= 4 is 27.3 Å². The zero-order valence-corrected chi connectivity index (χ0v) is 22.2. The maximum atomic E-state index is 14.1. The molecule has 8 nitrogen and oxygen atoms in total. The molecule has 0 atom stereocenters. The Hall–Kier alpha value is -3.79. The summed E-state index contributed by atoms with van der Waals surface area (Å²) >= 11 is 0. The van der Waals surface area contributed by atoms with Crippen molar-refractivity contribution in [3.05, 3.63) is 77.6 Å². The van der Waals surface area contributed by atoms with Crippen molar-refractivity contribution in [2.75, 3.05) is 55.1 Å². The van der Waals surface area contributed by atoms with Gasteiger partial charge in [0.2, 0.25) is 5.91 Å². The average Bonchev–Trinajstić information content (AvgIpc) is 2.93. The number of nitrogens with zero attached hydrogens (tertiary/aromatic N) is 3. The van der Waals surface area contributed by atoms with Crippen molar-refractivity contribution in [2.45, 2.75) is 18.7 Å². The van der Waals surface area contributed by atoms with Gasteiger partial charge in [-0.05, 0) is 61.4 Å². The Morgan fingerprint density at radius 2 is 1.63 bits per heavy atom. The summed E-state index contributed by atoms with van der Waals surface area (Å²) in [6, 6.07) is 15.7. The summed E-state index contributed by atoms with van der Waals surface area (Å²) in [7, 11) is -4.23. The topological polar surface area (TPSA) is 79.4 Å². The van der Waals surface area contributed by atoms with Crippen LogP contribution in [-0.2, 0) is 14.8 Å². The number of carbonyl (C=O) groups excluding carboxylic acids is 1. The van der Waals surface area contributed by atoms with Crippen molar-refractivity contribution < 1.29 is 27.1 Å². The summed E-state index contributed by atoms with van der Waals surface area (Å²) in [6.45, 7) is 6.54. The van der Waals surface area contributed by atoms with Gasteiger partial charge in [0.15, 0.2) is 11.5 Å². The number of hydrogen-bond acceptors (Lipinski definition) is 6. The van der Waals surface area contributed by atoms with Gasteiger partial charge in [-0.15, -0.1) is 0 Å². The molecule has 5 rings (SSSR count). The number of amides is 1. The monoisotopic (exact) mass is 539 g/mol. The van der Waals surface area contributed by atoms with Crippen molar-refractivity contribution in [1.82, 2.24) is 4.90 Å². The molecule has 0 saturated carbocycles. The lowest BCUT2D eigenvalue weighted by Crippen LogP contribution is -2.52. The van der Waals surface area contributed by atoms with Crippen molar-refractivity contribution in [1.29, 1.82) is 0 Å². The minimum Gasteiger partial charge on any atom is -0.486 e. The van der Waals surface area contributed by atoms with Crippen LogP contribution in [0, 0.1) is 19.7 Å². The van der Waals surface area contributed by atoms with Crippen LogP contribution >= 0.6 is 0 Å². The molecule has 38 heavy (non-hydrogen) atoms. The lowest BCUT2D eigenvalue weighted by Gasteiger charge is -2.38. The van der Waals surface area contributed by atoms with Gasteiger partial charge >= 0.3 is 0 Å². The first-order chi connectivity index (χ1) is 18.2. The normalized spacial score (nSPS) is 15.3. The fourth-order valence-electron chi connectivity index (χ4n) is 4.76. The van der Waals surface area contributed by atoms with Crippen LogP contribution in [0.3, 0.4) is 0 Å². The van der Waals surface area contributed by atoms with Gasteiger partial charge in [0.1, 0.15) is 25.6 Å². The zero-order valence-electron chi connectivity index (χ0n) is 21.4. The molecule has 0 N–H and O–H groups in total. The predicted molar refractivity (Wildman–Crippen MR) is 143 cm³/mol. The van der Waals surface area contributed by atoms with Gasteiger partial charge in [0.25, 0.3) is 10.0 Å². The number of halogens is 1. The van der Waals surface area contributed by atoms with Crippen LogP contribution in [0.4, 0.5) is 15.8 Å². The summed E-state index contributed by atoms with van der Waals surface area (Å²) < 4.78 is 53.7. The van der Waals surface area contributed by atoms with Gasteiger partial charge < -0.3 is 19.3 Å². The molecule has 2 aliphatic rings. The Balaban J connectivity index is 1.37. The Kier molecular flexibility index (Phi) is 7.16. The fourth-order valence-corrected chi connectivity index (χ4v) is 6.18. The molecule has 3 aromatic carbocycles. The van der Waals surface area contributed by atoms with Gasteiger partial charge in [-0.1, -0.05) is 18.2 Å². The quantitative estimate of drug-likeness (QED) is 0.475. The van der Waals surface area contributed by atoms with E-state index < -0.39 is 22.4 Å². The van der Waals surface area contributed by atoms with E-state index in [1.54, 1.807) is 4.90 Å². The van der Waals surface area contributed by atoms with E-state index in [1.165, 1.54) is 47.5 Å². The van der Waals surface area contributed by atoms with Crippen LogP contribution < -0.4 is 18.7 Å². The van der Waals surface area contributed by atoms with E-state index in [0.29, 0.717) is 50.9 Å². The SMILES string of the molecule is Cc1cccc(N2CCN(C(=O)CN(c3cccc(F)c3)S(=O)(=O)c3ccc4c(c3)OCCO4)CC2)c1C. The third-order valence-electron chi connectivity index (χ3n) is 7.03. The summed E-state index contributed by atoms with van der Waals surface area (Å²) in [5.74, 6) is -0.189. The highest BCUT2D eigenvalue weighted by molar-refractivity contribution is 7.92. The summed E-state index contributed by atoms with van der Waals surface area (Å²) in [6.07, 6.45) is 0. The summed E-state index contributed by atoms with van der Waals surface area (Å²) in [5.41, 5.74) is 3.62. The molecular formula is C28H30FN3O5S. The Labute approximate surface area is 222 Å². The Morgan fingerprint density at radius 1 is 0.921 bits per heavy atom.